The standard InChI is InChI=1S/C21H21FN2O3/c1-21(2,3)12-17(25)24-18-15-6-4-5-7-16(15)27-19(18)20(26)23-14-10-8-13(22)9-11-14/h4-11H,12H2,1-3H3,(H,23,26)(H,24,25). The minimum absolute atomic E-state index is 0.00258. The third-order valence-corrected chi connectivity index (χ3v) is 3.86. The van der Waals surface area contributed by atoms with Crippen LogP contribution in [-0.2, 0) is 4.79 Å². The van der Waals surface area contributed by atoms with Crippen molar-refractivity contribution in [2.75, 3.05) is 10.6 Å². The molecule has 3 aromatic rings. The number of amides is 2. The largest absolute Gasteiger partial charge is 0.449 e. The lowest BCUT2D eigenvalue weighted by Gasteiger charge is -2.17. The smallest absolute Gasteiger partial charge is 0.293 e. The summed E-state index contributed by atoms with van der Waals surface area (Å²) in [5.41, 5.74) is 1.06. The molecule has 0 atom stereocenters. The van der Waals surface area contributed by atoms with E-state index >= 15 is 0 Å². The van der Waals surface area contributed by atoms with Crippen LogP contribution < -0.4 is 10.6 Å². The van der Waals surface area contributed by atoms with Crippen LogP contribution in [0.25, 0.3) is 11.0 Å². The lowest BCUT2D eigenvalue weighted by molar-refractivity contribution is -0.117. The second-order valence-corrected chi connectivity index (χ2v) is 7.55. The van der Waals surface area contributed by atoms with Gasteiger partial charge in [-0.2, -0.15) is 0 Å². The van der Waals surface area contributed by atoms with Crippen LogP contribution in [0.15, 0.2) is 52.9 Å². The summed E-state index contributed by atoms with van der Waals surface area (Å²) in [6.45, 7) is 5.88. The van der Waals surface area contributed by atoms with E-state index in [0.29, 0.717) is 28.8 Å². The molecule has 3 rings (SSSR count). The molecule has 0 fully saturated rings. The molecule has 0 radical (unpaired) electrons. The molecule has 0 bridgehead atoms. The number of anilines is 2. The highest BCUT2D eigenvalue weighted by molar-refractivity contribution is 6.14. The molecule has 27 heavy (non-hydrogen) atoms. The molecule has 0 saturated carbocycles. The van der Waals surface area contributed by atoms with Gasteiger partial charge in [-0.15, -0.1) is 0 Å². The third kappa shape index (κ3) is 4.53. The molecule has 0 spiro atoms. The third-order valence-electron chi connectivity index (χ3n) is 3.86. The molecule has 5 nitrogen and oxygen atoms in total. The van der Waals surface area contributed by atoms with Gasteiger partial charge in [-0.25, -0.2) is 4.39 Å². The molecule has 1 heterocycles. The zero-order chi connectivity index (χ0) is 19.6. The van der Waals surface area contributed by atoms with E-state index in [1.54, 1.807) is 24.3 Å². The fourth-order valence-corrected chi connectivity index (χ4v) is 2.72. The number of rotatable bonds is 4. The van der Waals surface area contributed by atoms with Crippen LogP contribution in [-0.4, -0.2) is 11.8 Å². The van der Waals surface area contributed by atoms with E-state index in [0.717, 1.165) is 0 Å². The molecular formula is C21H21FN2O3. The number of benzene rings is 2. The van der Waals surface area contributed by atoms with E-state index < -0.39 is 11.7 Å². The number of nitrogens with one attached hydrogen (secondary N) is 2. The fourth-order valence-electron chi connectivity index (χ4n) is 2.72. The summed E-state index contributed by atoms with van der Waals surface area (Å²) in [7, 11) is 0. The molecule has 0 aliphatic rings. The normalized spacial score (nSPS) is 11.4. The monoisotopic (exact) mass is 368 g/mol. The van der Waals surface area contributed by atoms with E-state index in [4.69, 9.17) is 4.42 Å². The summed E-state index contributed by atoms with van der Waals surface area (Å²) in [5, 5.41) is 6.11. The zero-order valence-corrected chi connectivity index (χ0v) is 15.4. The van der Waals surface area contributed by atoms with Crippen LogP contribution in [0.2, 0.25) is 0 Å². The molecular weight excluding hydrogens is 347 g/mol. The number of hydrogen-bond donors (Lipinski definition) is 2. The van der Waals surface area contributed by atoms with Crippen molar-refractivity contribution in [1.82, 2.24) is 0 Å². The van der Waals surface area contributed by atoms with Crippen LogP contribution >= 0.6 is 0 Å². The Kier molecular flexibility index (Phi) is 4.99. The first kappa shape index (κ1) is 18.6. The topological polar surface area (TPSA) is 71.3 Å². The van der Waals surface area contributed by atoms with E-state index in [1.807, 2.05) is 20.8 Å². The van der Waals surface area contributed by atoms with E-state index in [-0.39, 0.29) is 17.1 Å². The number of carbonyl (C=O) groups is 2. The quantitative estimate of drug-likeness (QED) is 0.665. The summed E-state index contributed by atoms with van der Waals surface area (Å²) < 4.78 is 18.7. The summed E-state index contributed by atoms with van der Waals surface area (Å²) in [4.78, 5) is 25.1. The predicted molar refractivity (Wildman–Crippen MR) is 103 cm³/mol. The van der Waals surface area contributed by atoms with Gasteiger partial charge in [-0.05, 0) is 41.8 Å². The Hall–Kier alpha value is -3.15. The first-order chi connectivity index (χ1) is 12.7. The molecule has 6 heteroatoms. The first-order valence-corrected chi connectivity index (χ1v) is 8.61. The van der Waals surface area contributed by atoms with Gasteiger partial charge in [0.05, 0.1) is 0 Å². The van der Waals surface area contributed by atoms with Crippen LogP contribution in [0.1, 0.15) is 37.7 Å². The SMILES string of the molecule is CC(C)(C)CC(=O)Nc1c(C(=O)Nc2ccc(F)cc2)oc2ccccc12. The average Bonchev–Trinajstić information content (AvgIpc) is 2.94. The van der Waals surface area contributed by atoms with Crippen LogP contribution in [0.4, 0.5) is 15.8 Å². The van der Waals surface area contributed by atoms with Gasteiger partial charge in [0.1, 0.15) is 17.1 Å². The van der Waals surface area contributed by atoms with E-state index in [9.17, 15) is 14.0 Å². The van der Waals surface area contributed by atoms with Crippen LogP contribution in [0.5, 0.6) is 0 Å². The summed E-state index contributed by atoms with van der Waals surface area (Å²) >= 11 is 0. The summed E-state index contributed by atoms with van der Waals surface area (Å²) in [5.74, 6) is -1.12. The van der Waals surface area contributed by atoms with Crippen molar-refractivity contribution in [1.29, 1.82) is 0 Å². The zero-order valence-electron chi connectivity index (χ0n) is 15.4. The maximum absolute atomic E-state index is 13.1. The van der Waals surface area contributed by atoms with Crippen molar-refractivity contribution in [3.63, 3.8) is 0 Å². The van der Waals surface area contributed by atoms with Gasteiger partial charge in [0.25, 0.3) is 5.91 Å². The minimum Gasteiger partial charge on any atom is -0.449 e. The summed E-state index contributed by atoms with van der Waals surface area (Å²) in [6.07, 6.45) is 0.297. The van der Waals surface area contributed by atoms with E-state index in [1.165, 1.54) is 24.3 Å². The number of fused-ring (bicyclic) bond motifs is 1. The Bertz CT molecular complexity index is 985. The number of carbonyl (C=O) groups excluding carboxylic acids is 2. The highest BCUT2D eigenvalue weighted by atomic mass is 19.1. The number of para-hydroxylation sites is 1. The van der Waals surface area contributed by atoms with Gasteiger partial charge in [0, 0.05) is 17.5 Å². The number of halogens is 1. The van der Waals surface area contributed by atoms with Gasteiger partial charge in [0.15, 0.2) is 0 Å². The number of hydrogen-bond acceptors (Lipinski definition) is 3. The maximum atomic E-state index is 13.1. The summed E-state index contributed by atoms with van der Waals surface area (Å²) in [6, 6.07) is 12.5. The van der Waals surface area contributed by atoms with Gasteiger partial charge in [0.2, 0.25) is 11.7 Å². The lowest BCUT2D eigenvalue weighted by atomic mass is 9.92. The van der Waals surface area contributed by atoms with E-state index in [2.05, 4.69) is 10.6 Å². The highest BCUT2D eigenvalue weighted by Crippen LogP contribution is 2.32. The van der Waals surface area contributed by atoms with Crippen molar-refractivity contribution in [2.24, 2.45) is 5.41 Å². The molecule has 0 aliphatic heterocycles. The van der Waals surface area contributed by atoms with Gasteiger partial charge in [-0.1, -0.05) is 32.9 Å². The Morgan fingerprint density at radius 3 is 2.33 bits per heavy atom. The highest BCUT2D eigenvalue weighted by Gasteiger charge is 2.24. The average molecular weight is 368 g/mol. The predicted octanol–water partition coefficient (Wildman–Crippen LogP) is 5.20. The molecule has 0 saturated heterocycles. The molecule has 0 unspecified atom stereocenters. The fraction of sp³-hybridized carbons (Fsp3) is 0.238. The van der Waals surface area contributed by atoms with Crippen molar-refractivity contribution >= 4 is 34.2 Å². The first-order valence-electron chi connectivity index (χ1n) is 8.61. The molecule has 140 valence electrons. The Morgan fingerprint density at radius 2 is 1.67 bits per heavy atom. The second kappa shape index (κ2) is 7.23. The Morgan fingerprint density at radius 1 is 1.00 bits per heavy atom. The second-order valence-electron chi connectivity index (χ2n) is 7.55. The molecule has 2 aromatic carbocycles. The van der Waals surface area contributed by atoms with Crippen molar-refractivity contribution < 1.29 is 18.4 Å². The minimum atomic E-state index is -0.524. The Labute approximate surface area is 156 Å². The molecule has 0 aliphatic carbocycles. The van der Waals surface area contributed by atoms with Crippen LogP contribution in [0.3, 0.4) is 0 Å². The van der Waals surface area contributed by atoms with Gasteiger partial charge in [-0.3, -0.25) is 9.59 Å². The number of furan rings is 1. The van der Waals surface area contributed by atoms with Crippen LogP contribution in [0, 0.1) is 11.2 Å². The van der Waals surface area contributed by atoms with Crippen molar-refractivity contribution in [3.8, 4) is 0 Å². The lowest BCUT2D eigenvalue weighted by Crippen LogP contribution is -2.21. The van der Waals surface area contributed by atoms with Gasteiger partial charge >= 0.3 is 0 Å². The van der Waals surface area contributed by atoms with Crippen molar-refractivity contribution in [3.05, 3.63) is 60.1 Å². The maximum Gasteiger partial charge on any atom is 0.293 e. The van der Waals surface area contributed by atoms with Crippen molar-refractivity contribution in [2.45, 2.75) is 27.2 Å². The molecule has 2 N–H and O–H groups in total. The van der Waals surface area contributed by atoms with Gasteiger partial charge < -0.3 is 15.1 Å². The molecule has 1 aromatic heterocycles. The Balaban J connectivity index is 1.93. The molecule has 2 amide bonds.